The van der Waals surface area contributed by atoms with E-state index in [1.165, 1.54) is 19.3 Å². The molecule has 1 aromatic carbocycles. The second-order valence-corrected chi connectivity index (χ2v) is 5.63. The summed E-state index contributed by atoms with van der Waals surface area (Å²) in [6, 6.07) is 9.51. The van der Waals surface area contributed by atoms with E-state index in [1.54, 1.807) is 11.1 Å². The predicted molar refractivity (Wildman–Crippen MR) is 83.2 cm³/mol. The molecule has 1 fully saturated rings. The van der Waals surface area contributed by atoms with E-state index in [4.69, 9.17) is 0 Å². The van der Waals surface area contributed by atoms with Gasteiger partial charge in [0.2, 0.25) is 0 Å². The summed E-state index contributed by atoms with van der Waals surface area (Å²) >= 11 is 0. The van der Waals surface area contributed by atoms with E-state index in [9.17, 15) is 0 Å². The van der Waals surface area contributed by atoms with E-state index < -0.39 is 0 Å². The maximum atomic E-state index is 4.58. The van der Waals surface area contributed by atoms with Crippen LogP contribution in [0.2, 0.25) is 0 Å². The number of fused-ring (bicyclic) bond motifs is 3. The number of hydrogen-bond donors (Lipinski definition) is 2. The average Bonchev–Trinajstić information content (AvgIpc) is 3.01. The van der Waals surface area contributed by atoms with Crippen molar-refractivity contribution in [1.29, 1.82) is 0 Å². The zero-order chi connectivity index (χ0) is 11.9. The highest BCUT2D eigenvalue weighted by molar-refractivity contribution is 8.93. The molecule has 19 heavy (non-hydrogen) atoms. The molecule has 1 aromatic rings. The average molecular weight is 322 g/mol. The van der Waals surface area contributed by atoms with Gasteiger partial charge >= 0.3 is 0 Å². The number of rotatable bonds is 1. The van der Waals surface area contributed by atoms with Crippen molar-refractivity contribution in [3.63, 3.8) is 0 Å². The Bertz CT molecular complexity index is 500. The first-order valence-electron chi connectivity index (χ1n) is 7.06. The van der Waals surface area contributed by atoms with Crippen LogP contribution in [-0.2, 0) is 6.42 Å². The highest BCUT2D eigenvalue weighted by Crippen LogP contribution is 2.56. The van der Waals surface area contributed by atoms with Crippen LogP contribution in [0.3, 0.4) is 0 Å². The van der Waals surface area contributed by atoms with Crippen LogP contribution in [0.25, 0.3) is 0 Å². The Morgan fingerprint density at radius 3 is 3.05 bits per heavy atom. The van der Waals surface area contributed by atoms with Crippen LogP contribution >= 0.6 is 17.0 Å². The van der Waals surface area contributed by atoms with Crippen LogP contribution in [-0.4, -0.2) is 25.1 Å². The molecule has 0 bridgehead atoms. The third-order valence-electron chi connectivity index (χ3n) is 4.49. The number of benzene rings is 1. The topological polar surface area (TPSA) is 36.4 Å². The van der Waals surface area contributed by atoms with Crippen molar-refractivity contribution in [3.8, 4) is 0 Å². The number of halogens is 1. The normalized spacial score (nSPS) is 30.9. The Hall–Kier alpha value is -1.03. The number of nitrogens with one attached hydrogen (secondary N) is 2. The molecule has 3 nitrogen and oxygen atoms in total. The van der Waals surface area contributed by atoms with Gasteiger partial charge in [0.15, 0.2) is 5.96 Å². The fourth-order valence-electron chi connectivity index (χ4n) is 3.49. The maximum absolute atomic E-state index is 4.58. The van der Waals surface area contributed by atoms with Gasteiger partial charge in [0.05, 0.1) is 0 Å². The Kier molecular flexibility index (Phi) is 3.52. The maximum Gasteiger partial charge on any atom is 0.191 e. The Morgan fingerprint density at radius 1 is 1.21 bits per heavy atom. The fourth-order valence-corrected chi connectivity index (χ4v) is 3.49. The van der Waals surface area contributed by atoms with Gasteiger partial charge in [-0.05, 0) is 36.3 Å². The number of hydrogen-bond acceptors (Lipinski definition) is 3. The van der Waals surface area contributed by atoms with E-state index >= 15 is 0 Å². The SMILES string of the molecule is Br.c1ccc2c(c1)CC1C(NC3=NCCCCN3)C21. The quantitative estimate of drug-likeness (QED) is 0.832. The molecule has 2 N–H and O–H groups in total. The number of guanidine groups is 1. The predicted octanol–water partition coefficient (Wildman–Crippen LogP) is 2.23. The van der Waals surface area contributed by atoms with Crippen LogP contribution < -0.4 is 10.6 Å². The van der Waals surface area contributed by atoms with Crippen molar-refractivity contribution < 1.29 is 0 Å². The van der Waals surface area contributed by atoms with Crippen molar-refractivity contribution in [3.05, 3.63) is 35.4 Å². The molecule has 1 heterocycles. The van der Waals surface area contributed by atoms with Crippen LogP contribution in [0.15, 0.2) is 29.3 Å². The molecule has 0 saturated heterocycles. The molecule has 1 saturated carbocycles. The molecular formula is C15H20BrN3. The van der Waals surface area contributed by atoms with Crippen LogP contribution in [0.5, 0.6) is 0 Å². The summed E-state index contributed by atoms with van der Waals surface area (Å²) in [7, 11) is 0. The summed E-state index contributed by atoms with van der Waals surface area (Å²) in [5.41, 5.74) is 3.12. The summed E-state index contributed by atoms with van der Waals surface area (Å²) < 4.78 is 0. The van der Waals surface area contributed by atoms with Gasteiger partial charge in [0.25, 0.3) is 0 Å². The van der Waals surface area contributed by atoms with E-state index in [0.717, 1.165) is 30.9 Å². The van der Waals surface area contributed by atoms with Gasteiger partial charge in [-0.2, -0.15) is 0 Å². The van der Waals surface area contributed by atoms with Crippen molar-refractivity contribution in [1.82, 2.24) is 10.6 Å². The standard InChI is InChI=1S/C15H19N3.BrH/c1-2-6-11-10(5-1)9-12-13(11)14(12)18-15-16-7-3-4-8-17-15;/h1-2,5-6,12-14H,3-4,7-9H2,(H2,16,17,18);1H. The zero-order valence-electron chi connectivity index (χ0n) is 10.9. The molecule has 0 aromatic heterocycles. The van der Waals surface area contributed by atoms with E-state index in [1.807, 2.05) is 0 Å². The first-order chi connectivity index (χ1) is 8.93. The number of aliphatic imine (C=N–C) groups is 1. The van der Waals surface area contributed by atoms with Gasteiger partial charge in [-0.1, -0.05) is 24.3 Å². The van der Waals surface area contributed by atoms with Gasteiger partial charge in [-0.15, -0.1) is 17.0 Å². The molecule has 1 aliphatic heterocycles. The van der Waals surface area contributed by atoms with Gasteiger partial charge in [-0.25, -0.2) is 0 Å². The Morgan fingerprint density at radius 2 is 2.11 bits per heavy atom. The molecule has 0 amide bonds. The summed E-state index contributed by atoms with van der Waals surface area (Å²) in [5, 5.41) is 7.02. The Balaban J connectivity index is 0.00000110. The summed E-state index contributed by atoms with van der Waals surface area (Å²) in [5.74, 6) is 2.56. The largest absolute Gasteiger partial charge is 0.356 e. The lowest BCUT2D eigenvalue weighted by Crippen LogP contribution is -2.39. The van der Waals surface area contributed by atoms with Crippen molar-refractivity contribution in [2.24, 2.45) is 10.9 Å². The molecule has 4 rings (SSSR count). The molecule has 4 heteroatoms. The third-order valence-corrected chi connectivity index (χ3v) is 4.49. The second-order valence-electron chi connectivity index (χ2n) is 5.63. The van der Waals surface area contributed by atoms with Gasteiger partial charge < -0.3 is 10.6 Å². The molecule has 102 valence electrons. The molecule has 3 unspecified atom stereocenters. The lowest BCUT2D eigenvalue weighted by molar-refractivity contribution is 0.715. The first kappa shape index (κ1) is 13.0. The second kappa shape index (κ2) is 5.16. The highest BCUT2D eigenvalue weighted by atomic mass is 79.9. The molecule has 0 spiro atoms. The van der Waals surface area contributed by atoms with Crippen molar-refractivity contribution in [2.45, 2.75) is 31.2 Å². The molecule has 0 radical (unpaired) electrons. The fraction of sp³-hybridized carbons (Fsp3) is 0.533. The molecular weight excluding hydrogens is 302 g/mol. The smallest absolute Gasteiger partial charge is 0.191 e. The monoisotopic (exact) mass is 321 g/mol. The van der Waals surface area contributed by atoms with Crippen LogP contribution in [0, 0.1) is 5.92 Å². The first-order valence-corrected chi connectivity index (χ1v) is 7.06. The van der Waals surface area contributed by atoms with Crippen molar-refractivity contribution in [2.75, 3.05) is 13.1 Å². The van der Waals surface area contributed by atoms with Crippen LogP contribution in [0.4, 0.5) is 0 Å². The molecule has 3 atom stereocenters. The van der Waals surface area contributed by atoms with E-state index in [2.05, 4.69) is 39.9 Å². The minimum Gasteiger partial charge on any atom is -0.356 e. The lowest BCUT2D eigenvalue weighted by Gasteiger charge is -2.12. The number of nitrogens with zero attached hydrogens (tertiary/aromatic N) is 1. The van der Waals surface area contributed by atoms with E-state index in [0.29, 0.717) is 6.04 Å². The summed E-state index contributed by atoms with van der Waals surface area (Å²) in [6.07, 6.45) is 3.68. The highest BCUT2D eigenvalue weighted by Gasteiger charge is 2.55. The lowest BCUT2D eigenvalue weighted by atomic mass is 10.1. The summed E-state index contributed by atoms with van der Waals surface area (Å²) in [4.78, 5) is 4.58. The Labute approximate surface area is 124 Å². The molecule has 2 aliphatic carbocycles. The van der Waals surface area contributed by atoms with E-state index in [-0.39, 0.29) is 17.0 Å². The van der Waals surface area contributed by atoms with Gasteiger partial charge in [0.1, 0.15) is 0 Å². The zero-order valence-corrected chi connectivity index (χ0v) is 12.6. The summed E-state index contributed by atoms with van der Waals surface area (Å²) in [6.45, 7) is 2.03. The third kappa shape index (κ3) is 2.27. The minimum atomic E-state index is 0. The van der Waals surface area contributed by atoms with Gasteiger partial charge in [0, 0.05) is 25.0 Å². The van der Waals surface area contributed by atoms with Crippen LogP contribution in [0.1, 0.15) is 29.9 Å². The van der Waals surface area contributed by atoms with Gasteiger partial charge in [-0.3, -0.25) is 4.99 Å². The minimum absolute atomic E-state index is 0. The van der Waals surface area contributed by atoms with Crippen molar-refractivity contribution >= 4 is 22.9 Å². The molecule has 3 aliphatic rings.